The molecule has 2 atom stereocenters. The fourth-order valence-corrected chi connectivity index (χ4v) is 2.90. The maximum absolute atomic E-state index is 5.80. The first kappa shape index (κ1) is 15.3. The minimum atomic E-state index is 0.427. The van der Waals surface area contributed by atoms with Crippen molar-refractivity contribution in [2.24, 2.45) is 5.92 Å². The van der Waals surface area contributed by atoms with E-state index in [2.05, 4.69) is 49.2 Å². The largest absolute Gasteiger partial charge is 0.493 e. The van der Waals surface area contributed by atoms with Crippen LogP contribution in [-0.4, -0.2) is 37.7 Å². The second-order valence-electron chi connectivity index (χ2n) is 5.64. The molecule has 0 fully saturated rings. The number of ether oxygens (including phenoxy) is 1. The fourth-order valence-electron chi connectivity index (χ4n) is 2.90. The van der Waals surface area contributed by atoms with Crippen molar-refractivity contribution < 1.29 is 4.74 Å². The van der Waals surface area contributed by atoms with Gasteiger partial charge in [-0.25, -0.2) is 0 Å². The molecule has 1 aliphatic rings. The summed E-state index contributed by atoms with van der Waals surface area (Å²) in [7, 11) is 0. The van der Waals surface area contributed by atoms with Gasteiger partial charge in [0, 0.05) is 17.5 Å². The molecule has 1 N–H and O–H groups in total. The molecule has 112 valence electrons. The van der Waals surface area contributed by atoms with Crippen LogP contribution < -0.4 is 10.1 Å². The predicted octanol–water partition coefficient (Wildman–Crippen LogP) is 3.08. The lowest BCUT2D eigenvalue weighted by molar-refractivity contribution is 0.187. The molecule has 0 amide bonds. The summed E-state index contributed by atoms with van der Waals surface area (Å²) < 4.78 is 5.80. The normalized spacial score (nSPS) is 21.6. The lowest BCUT2D eigenvalue weighted by atomic mass is 9.92. The Morgan fingerprint density at radius 3 is 2.75 bits per heavy atom. The Kier molecular flexibility index (Phi) is 5.86. The SMILES string of the molecule is CCN(CC)CCCNC1c2ccccc2OCC1C. The van der Waals surface area contributed by atoms with E-state index in [1.165, 1.54) is 18.5 Å². The van der Waals surface area contributed by atoms with Gasteiger partial charge in [-0.2, -0.15) is 0 Å². The lowest BCUT2D eigenvalue weighted by Crippen LogP contribution is -2.35. The highest BCUT2D eigenvalue weighted by atomic mass is 16.5. The van der Waals surface area contributed by atoms with Crippen LogP contribution in [0.25, 0.3) is 0 Å². The Labute approximate surface area is 123 Å². The van der Waals surface area contributed by atoms with E-state index in [0.29, 0.717) is 12.0 Å². The number of rotatable bonds is 7. The molecule has 0 aliphatic carbocycles. The van der Waals surface area contributed by atoms with Crippen molar-refractivity contribution in [2.75, 3.05) is 32.8 Å². The van der Waals surface area contributed by atoms with Crippen LogP contribution in [0.3, 0.4) is 0 Å². The predicted molar refractivity (Wildman–Crippen MR) is 84.2 cm³/mol. The van der Waals surface area contributed by atoms with Crippen LogP contribution in [0.15, 0.2) is 24.3 Å². The summed E-state index contributed by atoms with van der Waals surface area (Å²) in [4.78, 5) is 2.48. The zero-order valence-corrected chi connectivity index (χ0v) is 13.1. The standard InChI is InChI=1S/C17H28N2O/c1-4-19(5-2)12-8-11-18-17-14(3)13-20-16-10-7-6-9-15(16)17/h6-7,9-10,14,17-18H,4-5,8,11-13H2,1-3H3. The molecule has 3 heteroatoms. The highest BCUT2D eigenvalue weighted by Crippen LogP contribution is 2.34. The van der Waals surface area contributed by atoms with Crippen molar-refractivity contribution in [1.29, 1.82) is 0 Å². The summed E-state index contributed by atoms with van der Waals surface area (Å²) in [5.41, 5.74) is 1.31. The van der Waals surface area contributed by atoms with Crippen LogP contribution in [0.5, 0.6) is 5.75 Å². The van der Waals surface area contributed by atoms with Crippen molar-refractivity contribution in [3.8, 4) is 5.75 Å². The molecule has 2 rings (SSSR count). The highest BCUT2D eigenvalue weighted by Gasteiger charge is 2.26. The van der Waals surface area contributed by atoms with E-state index in [0.717, 1.165) is 32.0 Å². The second kappa shape index (κ2) is 7.65. The number of nitrogens with zero attached hydrogens (tertiary/aromatic N) is 1. The first-order chi connectivity index (χ1) is 9.76. The fraction of sp³-hybridized carbons (Fsp3) is 0.647. The molecule has 1 aliphatic heterocycles. The topological polar surface area (TPSA) is 24.5 Å². The third kappa shape index (κ3) is 3.74. The van der Waals surface area contributed by atoms with Crippen molar-refractivity contribution in [2.45, 2.75) is 33.2 Å². The van der Waals surface area contributed by atoms with Crippen molar-refractivity contribution in [1.82, 2.24) is 10.2 Å². The first-order valence-corrected chi connectivity index (χ1v) is 7.93. The molecule has 0 saturated heterocycles. The molecular formula is C17H28N2O. The molecule has 0 radical (unpaired) electrons. The van der Waals surface area contributed by atoms with E-state index in [1.54, 1.807) is 0 Å². The number of fused-ring (bicyclic) bond motifs is 1. The number of nitrogens with one attached hydrogen (secondary N) is 1. The summed E-state index contributed by atoms with van der Waals surface area (Å²) in [6, 6.07) is 8.84. The van der Waals surface area contributed by atoms with Crippen molar-refractivity contribution >= 4 is 0 Å². The monoisotopic (exact) mass is 276 g/mol. The number of hydrogen-bond donors (Lipinski definition) is 1. The van der Waals surface area contributed by atoms with Gasteiger partial charge in [0.1, 0.15) is 5.75 Å². The van der Waals surface area contributed by atoms with Gasteiger partial charge in [0.2, 0.25) is 0 Å². The van der Waals surface area contributed by atoms with Crippen LogP contribution in [0.4, 0.5) is 0 Å². The van der Waals surface area contributed by atoms with E-state index >= 15 is 0 Å². The van der Waals surface area contributed by atoms with Crippen molar-refractivity contribution in [3.05, 3.63) is 29.8 Å². The molecule has 1 heterocycles. The zero-order valence-electron chi connectivity index (χ0n) is 13.1. The number of para-hydroxylation sites is 1. The van der Waals surface area contributed by atoms with E-state index in [9.17, 15) is 0 Å². The Morgan fingerprint density at radius 2 is 2.00 bits per heavy atom. The smallest absolute Gasteiger partial charge is 0.124 e. The van der Waals surface area contributed by atoms with Gasteiger partial charge >= 0.3 is 0 Å². The molecule has 0 aromatic heterocycles. The van der Waals surface area contributed by atoms with E-state index in [1.807, 2.05) is 6.07 Å². The molecular weight excluding hydrogens is 248 g/mol. The molecule has 0 saturated carbocycles. The van der Waals surface area contributed by atoms with Crippen LogP contribution in [0.1, 0.15) is 38.8 Å². The van der Waals surface area contributed by atoms with Gasteiger partial charge in [-0.15, -0.1) is 0 Å². The number of hydrogen-bond acceptors (Lipinski definition) is 3. The molecule has 2 unspecified atom stereocenters. The Hall–Kier alpha value is -1.06. The molecule has 1 aromatic carbocycles. The lowest BCUT2D eigenvalue weighted by Gasteiger charge is -2.32. The third-order valence-corrected chi connectivity index (χ3v) is 4.23. The highest BCUT2D eigenvalue weighted by molar-refractivity contribution is 5.37. The maximum atomic E-state index is 5.80. The Balaban J connectivity index is 1.86. The quantitative estimate of drug-likeness (QED) is 0.775. The van der Waals surface area contributed by atoms with Gasteiger partial charge in [0.15, 0.2) is 0 Å². The van der Waals surface area contributed by atoms with Gasteiger partial charge in [0.05, 0.1) is 6.61 Å². The summed E-state index contributed by atoms with van der Waals surface area (Å²) in [5.74, 6) is 1.57. The summed E-state index contributed by atoms with van der Waals surface area (Å²) in [5, 5.41) is 3.72. The summed E-state index contributed by atoms with van der Waals surface area (Å²) in [6.07, 6.45) is 1.20. The number of benzene rings is 1. The average molecular weight is 276 g/mol. The van der Waals surface area contributed by atoms with Crippen molar-refractivity contribution in [3.63, 3.8) is 0 Å². The molecule has 0 spiro atoms. The second-order valence-corrected chi connectivity index (χ2v) is 5.64. The summed E-state index contributed by atoms with van der Waals surface area (Å²) >= 11 is 0. The summed E-state index contributed by atoms with van der Waals surface area (Å²) in [6.45, 7) is 12.1. The van der Waals surface area contributed by atoms with E-state index in [4.69, 9.17) is 4.74 Å². The van der Waals surface area contributed by atoms with Gasteiger partial charge < -0.3 is 15.0 Å². The Morgan fingerprint density at radius 1 is 1.25 bits per heavy atom. The van der Waals surface area contributed by atoms with Crippen LogP contribution in [-0.2, 0) is 0 Å². The molecule has 1 aromatic rings. The van der Waals surface area contributed by atoms with Crippen LogP contribution >= 0.6 is 0 Å². The van der Waals surface area contributed by atoms with Gasteiger partial charge in [-0.05, 0) is 38.7 Å². The minimum absolute atomic E-state index is 0.427. The molecule has 3 nitrogen and oxygen atoms in total. The van der Waals surface area contributed by atoms with E-state index in [-0.39, 0.29) is 0 Å². The minimum Gasteiger partial charge on any atom is -0.493 e. The van der Waals surface area contributed by atoms with Crippen LogP contribution in [0, 0.1) is 5.92 Å². The van der Waals surface area contributed by atoms with Gasteiger partial charge in [-0.1, -0.05) is 39.0 Å². The Bertz CT molecular complexity index is 404. The maximum Gasteiger partial charge on any atom is 0.124 e. The third-order valence-electron chi connectivity index (χ3n) is 4.23. The average Bonchev–Trinajstić information content (AvgIpc) is 2.49. The molecule has 0 bridgehead atoms. The van der Waals surface area contributed by atoms with Gasteiger partial charge in [0.25, 0.3) is 0 Å². The first-order valence-electron chi connectivity index (χ1n) is 7.93. The van der Waals surface area contributed by atoms with Gasteiger partial charge in [-0.3, -0.25) is 0 Å². The zero-order chi connectivity index (χ0) is 14.4. The van der Waals surface area contributed by atoms with Crippen LogP contribution in [0.2, 0.25) is 0 Å². The van der Waals surface area contributed by atoms with E-state index < -0.39 is 0 Å². The molecule has 20 heavy (non-hydrogen) atoms.